The molecule has 3 aromatic rings. The van der Waals surface area contributed by atoms with E-state index in [0.29, 0.717) is 17.8 Å². The van der Waals surface area contributed by atoms with Gasteiger partial charge in [-0.2, -0.15) is 0 Å². The molecule has 3 N–H and O–H groups in total. The minimum absolute atomic E-state index is 0.0334. The minimum atomic E-state index is -0.279. The van der Waals surface area contributed by atoms with E-state index in [2.05, 4.69) is 5.32 Å². The number of benzene rings is 3. The molecule has 0 spiro atoms. The average molecular weight is 333 g/mol. The summed E-state index contributed by atoms with van der Waals surface area (Å²) in [7, 11) is 0. The van der Waals surface area contributed by atoms with Gasteiger partial charge < -0.3 is 16.0 Å². The first-order valence-electron chi connectivity index (χ1n) is 7.93. The smallest absolute Gasteiger partial charge is 0.258 e. The fourth-order valence-electron chi connectivity index (χ4n) is 3.00. The second-order valence-corrected chi connectivity index (χ2v) is 5.99. The molecule has 1 amide bonds. The molecule has 0 atom stereocenters. The molecule has 5 heteroatoms. The zero-order chi connectivity index (χ0) is 17.4. The number of carbonyl (C=O) groups excluding carboxylic acids is 1. The molecule has 0 fully saturated rings. The van der Waals surface area contributed by atoms with Crippen molar-refractivity contribution in [3.63, 3.8) is 0 Å². The molecule has 25 heavy (non-hydrogen) atoms. The summed E-state index contributed by atoms with van der Waals surface area (Å²) in [5.74, 6) is -0.312. The Kier molecular flexibility index (Phi) is 3.61. The summed E-state index contributed by atoms with van der Waals surface area (Å²) in [5, 5.41) is 3.22. The van der Waals surface area contributed by atoms with Gasteiger partial charge in [0.1, 0.15) is 5.82 Å². The van der Waals surface area contributed by atoms with Gasteiger partial charge in [-0.05, 0) is 66.2 Å². The summed E-state index contributed by atoms with van der Waals surface area (Å²) in [6.07, 6.45) is 0. The van der Waals surface area contributed by atoms with Crippen LogP contribution in [0.15, 0.2) is 66.7 Å². The molecule has 1 heterocycles. The Hall–Kier alpha value is -3.34. The van der Waals surface area contributed by atoms with Gasteiger partial charge in [0, 0.05) is 28.3 Å². The van der Waals surface area contributed by atoms with Crippen molar-refractivity contribution in [2.45, 2.75) is 6.54 Å². The van der Waals surface area contributed by atoms with E-state index in [1.54, 1.807) is 29.2 Å². The number of nitrogens with zero attached hydrogens (tertiary/aromatic N) is 1. The summed E-state index contributed by atoms with van der Waals surface area (Å²) in [6.45, 7) is 0.499. The predicted molar refractivity (Wildman–Crippen MR) is 97.5 cm³/mol. The first kappa shape index (κ1) is 15.2. The van der Waals surface area contributed by atoms with Crippen molar-refractivity contribution in [2.75, 3.05) is 16.0 Å². The standard InChI is InChI=1S/C20H16FN3O/c21-14-4-7-16(8-5-14)23-17-2-1-3-18(11-17)24-12-13-10-15(22)6-9-19(13)20(24)25/h1-11,23H,12,22H2. The van der Waals surface area contributed by atoms with E-state index in [9.17, 15) is 9.18 Å². The summed E-state index contributed by atoms with van der Waals surface area (Å²) in [6, 6.07) is 19.1. The maximum Gasteiger partial charge on any atom is 0.258 e. The molecule has 1 aliphatic heterocycles. The third-order valence-corrected chi connectivity index (χ3v) is 4.22. The summed E-state index contributed by atoms with van der Waals surface area (Å²) in [4.78, 5) is 14.4. The van der Waals surface area contributed by atoms with Gasteiger partial charge in [-0.1, -0.05) is 6.07 Å². The van der Waals surface area contributed by atoms with Crippen LogP contribution >= 0.6 is 0 Å². The Balaban J connectivity index is 1.60. The van der Waals surface area contributed by atoms with Crippen molar-refractivity contribution in [1.29, 1.82) is 0 Å². The maximum atomic E-state index is 13.0. The predicted octanol–water partition coefficient (Wildman–Crippen LogP) is 4.31. The molecular weight excluding hydrogens is 317 g/mol. The highest BCUT2D eigenvalue weighted by Gasteiger charge is 2.28. The molecule has 0 aromatic heterocycles. The van der Waals surface area contributed by atoms with Crippen molar-refractivity contribution >= 4 is 28.7 Å². The van der Waals surface area contributed by atoms with E-state index in [4.69, 9.17) is 5.73 Å². The van der Waals surface area contributed by atoms with E-state index in [-0.39, 0.29) is 11.7 Å². The number of hydrogen-bond donors (Lipinski definition) is 2. The number of amides is 1. The lowest BCUT2D eigenvalue weighted by Crippen LogP contribution is -2.22. The number of fused-ring (bicyclic) bond motifs is 1. The molecule has 4 rings (SSSR count). The van der Waals surface area contributed by atoms with Crippen LogP contribution in [0.1, 0.15) is 15.9 Å². The third-order valence-electron chi connectivity index (χ3n) is 4.22. The number of anilines is 4. The number of nitrogen functional groups attached to an aromatic ring is 1. The molecule has 0 radical (unpaired) electrons. The van der Waals surface area contributed by atoms with Gasteiger partial charge >= 0.3 is 0 Å². The number of hydrogen-bond acceptors (Lipinski definition) is 3. The van der Waals surface area contributed by atoms with Crippen LogP contribution < -0.4 is 16.0 Å². The molecule has 0 bridgehead atoms. The first-order chi connectivity index (χ1) is 12.1. The number of rotatable bonds is 3. The lowest BCUT2D eigenvalue weighted by molar-refractivity contribution is 0.0996. The summed E-state index contributed by atoms with van der Waals surface area (Å²) < 4.78 is 13.0. The Bertz CT molecular complexity index is 953. The molecule has 1 aliphatic rings. The van der Waals surface area contributed by atoms with E-state index in [1.807, 2.05) is 30.3 Å². The number of nitrogens with two attached hydrogens (primary N) is 1. The lowest BCUT2D eigenvalue weighted by Gasteiger charge is -2.17. The van der Waals surface area contributed by atoms with Gasteiger partial charge in [-0.15, -0.1) is 0 Å². The Morgan fingerprint density at radius 1 is 0.960 bits per heavy atom. The molecule has 0 saturated heterocycles. The second kappa shape index (κ2) is 5.94. The fourth-order valence-corrected chi connectivity index (χ4v) is 3.00. The molecule has 3 aromatic carbocycles. The molecule has 124 valence electrons. The maximum absolute atomic E-state index is 13.0. The zero-order valence-corrected chi connectivity index (χ0v) is 13.4. The largest absolute Gasteiger partial charge is 0.399 e. The number of halogens is 1. The van der Waals surface area contributed by atoms with Crippen molar-refractivity contribution in [3.8, 4) is 0 Å². The quantitative estimate of drug-likeness (QED) is 0.702. The molecular formula is C20H16FN3O. The van der Waals surface area contributed by atoms with Crippen molar-refractivity contribution < 1.29 is 9.18 Å². The van der Waals surface area contributed by atoms with Gasteiger partial charge in [0.05, 0.1) is 6.54 Å². The number of carbonyl (C=O) groups is 1. The monoisotopic (exact) mass is 333 g/mol. The Morgan fingerprint density at radius 3 is 2.56 bits per heavy atom. The van der Waals surface area contributed by atoms with Gasteiger partial charge in [-0.25, -0.2) is 4.39 Å². The van der Waals surface area contributed by atoms with Crippen LogP contribution in [0.2, 0.25) is 0 Å². The molecule has 4 nitrogen and oxygen atoms in total. The van der Waals surface area contributed by atoms with E-state index < -0.39 is 0 Å². The van der Waals surface area contributed by atoms with Crippen molar-refractivity contribution in [1.82, 2.24) is 0 Å². The third kappa shape index (κ3) is 2.92. The van der Waals surface area contributed by atoms with Crippen LogP contribution in [-0.4, -0.2) is 5.91 Å². The number of nitrogens with one attached hydrogen (secondary N) is 1. The lowest BCUT2D eigenvalue weighted by atomic mass is 10.1. The van der Waals surface area contributed by atoms with E-state index >= 15 is 0 Å². The normalized spacial score (nSPS) is 13.0. The topological polar surface area (TPSA) is 58.4 Å². The van der Waals surface area contributed by atoms with Crippen LogP contribution in [0.5, 0.6) is 0 Å². The van der Waals surface area contributed by atoms with E-state index in [1.165, 1.54) is 12.1 Å². The Labute approximate surface area is 144 Å². The van der Waals surface area contributed by atoms with Crippen molar-refractivity contribution in [3.05, 3.63) is 83.7 Å². The second-order valence-electron chi connectivity index (χ2n) is 5.99. The zero-order valence-electron chi connectivity index (χ0n) is 13.4. The highest BCUT2D eigenvalue weighted by Crippen LogP contribution is 2.31. The van der Waals surface area contributed by atoms with Gasteiger partial charge in [-0.3, -0.25) is 4.79 Å². The van der Waals surface area contributed by atoms with Crippen molar-refractivity contribution in [2.24, 2.45) is 0 Å². The van der Waals surface area contributed by atoms with Gasteiger partial charge in [0.2, 0.25) is 0 Å². The Morgan fingerprint density at radius 2 is 1.76 bits per heavy atom. The first-order valence-corrected chi connectivity index (χ1v) is 7.93. The SMILES string of the molecule is Nc1ccc2c(c1)CN(c1cccc(Nc3ccc(F)cc3)c1)C2=O. The van der Waals surface area contributed by atoms with Crippen LogP contribution in [0.25, 0.3) is 0 Å². The summed E-state index contributed by atoms with van der Waals surface area (Å²) >= 11 is 0. The molecule has 0 aliphatic carbocycles. The average Bonchev–Trinajstić information content (AvgIpc) is 2.93. The minimum Gasteiger partial charge on any atom is -0.399 e. The highest BCUT2D eigenvalue weighted by molar-refractivity contribution is 6.10. The molecule has 0 unspecified atom stereocenters. The van der Waals surface area contributed by atoms with Crippen LogP contribution in [0.3, 0.4) is 0 Å². The fraction of sp³-hybridized carbons (Fsp3) is 0.0500. The van der Waals surface area contributed by atoms with Crippen LogP contribution in [0, 0.1) is 5.82 Å². The summed E-state index contributed by atoms with van der Waals surface area (Å²) in [5.41, 5.74) is 10.5. The highest BCUT2D eigenvalue weighted by atomic mass is 19.1. The van der Waals surface area contributed by atoms with Gasteiger partial charge in [0.15, 0.2) is 0 Å². The van der Waals surface area contributed by atoms with Crippen LogP contribution in [-0.2, 0) is 6.54 Å². The molecule has 0 saturated carbocycles. The van der Waals surface area contributed by atoms with Crippen LogP contribution in [0.4, 0.5) is 27.1 Å². The van der Waals surface area contributed by atoms with E-state index in [0.717, 1.165) is 22.6 Å². The van der Waals surface area contributed by atoms with Gasteiger partial charge in [0.25, 0.3) is 5.91 Å².